The van der Waals surface area contributed by atoms with Gasteiger partial charge in [-0.2, -0.15) is 0 Å². The fourth-order valence-electron chi connectivity index (χ4n) is 0.442. The van der Waals surface area contributed by atoms with Gasteiger partial charge in [0.25, 0.3) is 0 Å². The predicted molar refractivity (Wildman–Crippen MR) is 49.6 cm³/mol. The van der Waals surface area contributed by atoms with Crippen molar-refractivity contribution in [3.8, 4) is 0 Å². The highest BCUT2D eigenvalue weighted by molar-refractivity contribution is 7.80. The molecule has 6 heteroatoms. The second-order valence-electron chi connectivity index (χ2n) is 2.00. The van der Waals surface area contributed by atoms with Crippen LogP contribution >= 0.6 is 12.2 Å². The van der Waals surface area contributed by atoms with Crippen LogP contribution in [0, 0.1) is 0 Å². The molecule has 0 heterocycles. The van der Waals surface area contributed by atoms with Crippen molar-refractivity contribution in [2.24, 2.45) is 0 Å². The molecule has 70 valence electrons. The molecule has 0 aromatic carbocycles. The van der Waals surface area contributed by atoms with E-state index in [2.05, 4.69) is 20.9 Å². The fraction of sp³-hybridized carbons (Fsp3) is 0.667. The van der Waals surface area contributed by atoms with E-state index in [9.17, 15) is 4.79 Å². The topological polar surface area (TPSA) is 62.4 Å². The molecule has 0 fully saturated rings. The first-order valence-corrected chi connectivity index (χ1v) is 3.99. The number of thiocarbonyl (C=S) groups is 1. The van der Waals surface area contributed by atoms with Gasteiger partial charge in [0.05, 0.1) is 7.11 Å². The summed E-state index contributed by atoms with van der Waals surface area (Å²) in [6.07, 6.45) is 0.399. The van der Waals surface area contributed by atoms with Gasteiger partial charge in [-0.05, 0) is 18.6 Å². The van der Waals surface area contributed by atoms with Gasteiger partial charge in [-0.15, -0.1) is 0 Å². The minimum absolute atomic E-state index is 0.377. The molecule has 12 heavy (non-hydrogen) atoms. The molecule has 0 unspecified atom stereocenters. The largest absolute Gasteiger partial charge is 0.452 e. The number of rotatable bonds is 2. The molecule has 0 rings (SSSR count). The van der Waals surface area contributed by atoms with Gasteiger partial charge in [-0.25, -0.2) is 10.2 Å². The van der Waals surface area contributed by atoms with Gasteiger partial charge in [0.1, 0.15) is 0 Å². The summed E-state index contributed by atoms with van der Waals surface area (Å²) in [7, 11) is 1.28. The Balaban J connectivity index is 3.37. The normalized spacial score (nSPS) is 8.50. The van der Waals surface area contributed by atoms with Crippen molar-refractivity contribution in [2.75, 3.05) is 13.7 Å². The second-order valence-corrected chi connectivity index (χ2v) is 2.41. The van der Waals surface area contributed by atoms with E-state index in [1.807, 2.05) is 6.92 Å². The molecule has 0 aliphatic heterocycles. The number of hydrogen-bond acceptors (Lipinski definition) is 3. The number of hydrogen-bond donors (Lipinski definition) is 3. The first-order chi connectivity index (χ1) is 5.70. The molecule has 3 N–H and O–H groups in total. The molecule has 0 aromatic heterocycles. The fourth-order valence-corrected chi connectivity index (χ4v) is 0.595. The molecule has 1 amide bonds. The minimum atomic E-state index is -0.573. The quantitative estimate of drug-likeness (QED) is 0.428. The van der Waals surface area contributed by atoms with E-state index in [-0.39, 0.29) is 0 Å². The third-order valence-electron chi connectivity index (χ3n) is 0.999. The predicted octanol–water partition coefficient (Wildman–Crippen LogP) is 0.132. The number of hydrazine groups is 1. The smallest absolute Gasteiger partial charge is 0.425 e. The monoisotopic (exact) mass is 191 g/mol. The minimum Gasteiger partial charge on any atom is -0.452 e. The summed E-state index contributed by atoms with van der Waals surface area (Å²) in [6, 6.07) is 0. The Morgan fingerprint density at radius 3 is 2.67 bits per heavy atom. The first kappa shape index (κ1) is 11.0. The van der Waals surface area contributed by atoms with Crippen molar-refractivity contribution >= 4 is 23.4 Å². The summed E-state index contributed by atoms with van der Waals surface area (Å²) < 4.78 is 4.31. The van der Waals surface area contributed by atoms with E-state index in [4.69, 9.17) is 12.2 Å². The highest BCUT2D eigenvalue weighted by Crippen LogP contribution is 1.71. The van der Waals surface area contributed by atoms with Crippen LogP contribution in [0.1, 0.15) is 13.3 Å². The molecular weight excluding hydrogens is 178 g/mol. The molecule has 0 aliphatic rings. The Hall–Kier alpha value is -1.04. The highest BCUT2D eigenvalue weighted by Gasteiger charge is 1.97. The van der Waals surface area contributed by atoms with Crippen LogP contribution in [0.2, 0.25) is 0 Å². The van der Waals surface area contributed by atoms with Crippen LogP contribution in [0.4, 0.5) is 4.79 Å². The van der Waals surface area contributed by atoms with Crippen molar-refractivity contribution in [1.82, 2.24) is 16.2 Å². The summed E-state index contributed by atoms with van der Waals surface area (Å²) in [5, 5.41) is 3.24. The number of methoxy groups -OCH3 is 1. The molecule has 0 spiro atoms. The summed E-state index contributed by atoms with van der Waals surface area (Å²) in [4.78, 5) is 10.5. The third-order valence-corrected chi connectivity index (χ3v) is 1.25. The molecule has 5 nitrogen and oxygen atoms in total. The highest BCUT2D eigenvalue weighted by atomic mass is 32.1. The van der Waals surface area contributed by atoms with Crippen LogP contribution in [0.5, 0.6) is 0 Å². The third kappa shape index (κ3) is 5.72. The maximum Gasteiger partial charge on any atom is 0.425 e. The van der Waals surface area contributed by atoms with Crippen molar-refractivity contribution < 1.29 is 9.53 Å². The van der Waals surface area contributed by atoms with Crippen molar-refractivity contribution in [3.05, 3.63) is 0 Å². The lowest BCUT2D eigenvalue weighted by atomic mass is 10.5. The molecule has 0 bridgehead atoms. The van der Waals surface area contributed by atoms with Crippen molar-refractivity contribution in [2.45, 2.75) is 13.3 Å². The van der Waals surface area contributed by atoms with Gasteiger partial charge in [-0.3, -0.25) is 5.43 Å². The first-order valence-electron chi connectivity index (χ1n) is 3.58. The van der Waals surface area contributed by atoms with Crippen LogP contribution < -0.4 is 16.2 Å². The summed E-state index contributed by atoms with van der Waals surface area (Å²) >= 11 is 4.79. The van der Waals surface area contributed by atoms with Crippen LogP contribution in [-0.4, -0.2) is 24.9 Å². The van der Waals surface area contributed by atoms with Gasteiger partial charge < -0.3 is 10.1 Å². The van der Waals surface area contributed by atoms with E-state index >= 15 is 0 Å². The van der Waals surface area contributed by atoms with Gasteiger partial charge in [0.2, 0.25) is 0 Å². The van der Waals surface area contributed by atoms with E-state index in [1.165, 1.54) is 7.11 Å². The Morgan fingerprint density at radius 2 is 2.17 bits per heavy atom. The molecule has 0 radical (unpaired) electrons. The summed E-state index contributed by atoms with van der Waals surface area (Å²) in [5.41, 5.74) is 4.69. The maximum absolute atomic E-state index is 10.5. The van der Waals surface area contributed by atoms with Crippen LogP contribution in [0.15, 0.2) is 0 Å². The van der Waals surface area contributed by atoms with E-state index in [0.717, 1.165) is 13.0 Å². The average Bonchev–Trinajstić information content (AvgIpc) is 2.10. The molecular formula is C6H13N3O2S. The number of carbonyl (C=O) groups is 1. The van der Waals surface area contributed by atoms with Crippen LogP contribution in [0.25, 0.3) is 0 Å². The van der Waals surface area contributed by atoms with Crippen molar-refractivity contribution in [1.29, 1.82) is 0 Å². The van der Waals surface area contributed by atoms with E-state index < -0.39 is 6.09 Å². The van der Waals surface area contributed by atoms with Crippen LogP contribution in [-0.2, 0) is 4.74 Å². The van der Waals surface area contributed by atoms with Crippen molar-refractivity contribution in [3.63, 3.8) is 0 Å². The Morgan fingerprint density at radius 1 is 1.50 bits per heavy atom. The SMILES string of the molecule is CCCNC(=S)NNC(=O)OC. The molecule has 0 saturated carbocycles. The molecule has 0 saturated heterocycles. The van der Waals surface area contributed by atoms with E-state index in [0.29, 0.717) is 5.11 Å². The number of ether oxygens (including phenoxy) is 1. The lowest BCUT2D eigenvalue weighted by Crippen LogP contribution is -2.46. The van der Waals surface area contributed by atoms with E-state index in [1.54, 1.807) is 0 Å². The van der Waals surface area contributed by atoms with Gasteiger partial charge >= 0.3 is 6.09 Å². The Labute approximate surface area is 76.8 Å². The number of nitrogens with one attached hydrogen (secondary N) is 3. The molecule has 0 atom stereocenters. The summed E-state index contributed by atoms with van der Waals surface area (Å²) in [6.45, 7) is 2.79. The maximum atomic E-state index is 10.5. The zero-order chi connectivity index (χ0) is 9.40. The zero-order valence-electron chi connectivity index (χ0n) is 7.14. The Kier molecular flexibility index (Phi) is 6.08. The van der Waals surface area contributed by atoms with Gasteiger partial charge in [-0.1, -0.05) is 6.92 Å². The lowest BCUT2D eigenvalue weighted by molar-refractivity contribution is 0.168. The number of amides is 1. The molecule has 0 aromatic rings. The average molecular weight is 191 g/mol. The zero-order valence-corrected chi connectivity index (χ0v) is 7.96. The lowest BCUT2D eigenvalue weighted by Gasteiger charge is -2.09. The standard InChI is InChI=1S/C6H13N3O2S/c1-3-4-7-5(12)8-9-6(10)11-2/h3-4H2,1-2H3,(H,9,10)(H2,7,8,12). The second kappa shape index (κ2) is 6.66. The number of carbonyl (C=O) groups excluding carboxylic acids is 1. The van der Waals surface area contributed by atoms with Gasteiger partial charge in [0, 0.05) is 6.54 Å². The van der Waals surface area contributed by atoms with Gasteiger partial charge in [0.15, 0.2) is 5.11 Å². The van der Waals surface area contributed by atoms with Crippen LogP contribution in [0.3, 0.4) is 0 Å². The Bertz CT molecular complexity index is 163. The summed E-state index contributed by atoms with van der Waals surface area (Å²) in [5.74, 6) is 0. The molecule has 0 aliphatic carbocycles.